The quantitative estimate of drug-likeness (QED) is 0.440. The summed E-state index contributed by atoms with van der Waals surface area (Å²) in [4.78, 5) is 23.3. The highest BCUT2D eigenvalue weighted by Gasteiger charge is 2.32. The molecule has 0 aliphatic heterocycles. The van der Waals surface area contributed by atoms with Crippen molar-refractivity contribution in [2.75, 3.05) is 11.9 Å². The molecule has 0 bridgehead atoms. The Balaban J connectivity index is 2.93. The third-order valence-corrected chi connectivity index (χ3v) is 3.31. The first-order valence-electron chi connectivity index (χ1n) is 6.06. The van der Waals surface area contributed by atoms with Crippen LogP contribution in [0, 0.1) is 0 Å². The molecule has 0 radical (unpaired) electrons. The number of ether oxygens (including phenoxy) is 2. The number of esters is 1. The van der Waals surface area contributed by atoms with Gasteiger partial charge in [-0.2, -0.15) is 0 Å². The van der Waals surface area contributed by atoms with Crippen LogP contribution in [-0.2, 0) is 9.53 Å². The number of carbonyl (C=O) groups is 2. The van der Waals surface area contributed by atoms with E-state index in [0.717, 1.165) is 0 Å². The van der Waals surface area contributed by atoms with Crippen LogP contribution in [0.2, 0.25) is 5.02 Å². The number of rotatable bonds is 6. The zero-order chi connectivity index (χ0) is 15.3. The van der Waals surface area contributed by atoms with Crippen LogP contribution in [0.25, 0.3) is 0 Å². The van der Waals surface area contributed by atoms with Crippen LogP contribution in [-0.4, -0.2) is 29.3 Å². The summed E-state index contributed by atoms with van der Waals surface area (Å²) in [6.07, 6.45) is 0. The highest BCUT2D eigenvalue weighted by atomic mass is 79.9. The van der Waals surface area contributed by atoms with E-state index in [-0.39, 0.29) is 22.7 Å². The van der Waals surface area contributed by atoms with Crippen molar-refractivity contribution in [1.82, 2.24) is 0 Å². The Bertz CT molecular complexity index is 514. The summed E-state index contributed by atoms with van der Waals surface area (Å²) in [5.41, 5.74) is -0.672. The average Bonchev–Trinajstić information content (AvgIpc) is 2.40. The SMILES string of the molecule is CCOC(=O)C(C)(C)Oc1ccc(C(=O)CBr)cc1Cl. The molecule has 6 heteroatoms. The van der Waals surface area contributed by atoms with E-state index in [2.05, 4.69) is 15.9 Å². The van der Waals surface area contributed by atoms with E-state index in [0.29, 0.717) is 11.3 Å². The lowest BCUT2D eigenvalue weighted by molar-refractivity contribution is -0.158. The highest BCUT2D eigenvalue weighted by molar-refractivity contribution is 9.09. The number of Topliss-reactive ketones (excluding diaryl/α,β-unsaturated/α-hetero) is 1. The van der Waals surface area contributed by atoms with E-state index < -0.39 is 11.6 Å². The Labute approximate surface area is 131 Å². The summed E-state index contributed by atoms with van der Waals surface area (Å²) < 4.78 is 10.5. The lowest BCUT2D eigenvalue weighted by atomic mass is 10.1. The first kappa shape index (κ1) is 17.0. The molecule has 20 heavy (non-hydrogen) atoms. The second-order valence-electron chi connectivity index (χ2n) is 4.53. The fourth-order valence-corrected chi connectivity index (χ4v) is 2.00. The zero-order valence-electron chi connectivity index (χ0n) is 11.5. The summed E-state index contributed by atoms with van der Waals surface area (Å²) >= 11 is 9.17. The molecule has 4 nitrogen and oxygen atoms in total. The van der Waals surface area contributed by atoms with Gasteiger partial charge in [0.05, 0.1) is 17.0 Å². The van der Waals surface area contributed by atoms with Gasteiger partial charge in [0.25, 0.3) is 0 Å². The number of halogens is 2. The Kier molecular flexibility index (Phi) is 6.02. The van der Waals surface area contributed by atoms with Crippen LogP contribution in [0.1, 0.15) is 31.1 Å². The molecule has 0 amide bonds. The van der Waals surface area contributed by atoms with Crippen molar-refractivity contribution in [1.29, 1.82) is 0 Å². The number of hydrogen-bond donors (Lipinski definition) is 0. The molecule has 0 atom stereocenters. The summed E-state index contributed by atoms with van der Waals surface area (Å²) in [6.45, 7) is 5.19. The number of alkyl halides is 1. The van der Waals surface area contributed by atoms with Crippen molar-refractivity contribution < 1.29 is 19.1 Å². The molecule has 0 saturated heterocycles. The molecule has 0 saturated carbocycles. The van der Waals surface area contributed by atoms with Crippen molar-refractivity contribution in [2.45, 2.75) is 26.4 Å². The standard InChI is InChI=1S/C14H16BrClO4/c1-4-19-13(18)14(2,3)20-12-6-5-9(7-10(12)16)11(17)8-15/h5-7H,4,8H2,1-3H3. The van der Waals surface area contributed by atoms with Crippen molar-refractivity contribution >= 4 is 39.3 Å². The largest absolute Gasteiger partial charge is 0.475 e. The number of ketones is 1. The number of hydrogen-bond acceptors (Lipinski definition) is 4. The summed E-state index contributed by atoms with van der Waals surface area (Å²) in [6, 6.07) is 4.69. The first-order valence-corrected chi connectivity index (χ1v) is 7.56. The van der Waals surface area contributed by atoms with Crippen molar-refractivity contribution in [2.24, 2.45) is 0 Å². The zero-order valence-corrected chi connectivity index (χ0v) is 13.9. The minimum Gasteiger partial charge on any atom is -0.475 e. The lowest BCUT2D eigenvalue weighted by Crippen LogP contribution is -2.39. The molecule has 0 fully saturated rings. The van der Waals surface area contributed by atoms with E-state index >= 15 is 0 Å². The molecule has 0 aromatic heterocycles. The molecule has 0 N–H and O–H groups in total. The smallest absolute Gasteiger partial charge is 0.349 e. The third kappa shape index (κ3) is 4.21. The molecular weight excluding hydrogens is 348 g/mol. The van der Waals surface area contributed by atoms with E-state index in [1.54, 1.807) is 32.9 Å². The fraction of sp³-hybridized carbons (Fsp3) is 0.429. The highest BCUT2D eigenvalue weighted by Crippen LogP contribution is 2.29. The molecule has 1 aromatic rings. The monoisotopic (exact) mass is 362 g/mol. The molecule has 1 aromatic carbocycles. The molecule has 110 valence electrons. The Morgan fingerprint density at radius 2 is 2.00 bits per heavy atom. The van der Waals surface area contributed by atoms with Gasteiger partial charge in [0.15, 0.2) is 11.4 Å². The van der Waals surface area contributed by atoms with Gasteiger partial charge in [0, 0.05) is 5.56 Å². The van der Waals surface area contributed by atoms with Gasteiger partial charge in [-0.1, -0.05) is 27.5 Å². The number of carbonyl (C=O) groups excluding carboxylic acids is 2. The molecule has 1 rings (SSSR count). The van der Waals surface area contributed by atoms with Crippen LogP contribution < -0.4 is 4.74 Å². The van der Waals surface area contributed by atoms with E-state index in [4.69, 9.17) is 21.1 Å². The Morgan fingerprint density at radius 1 is 1.35 bits per heavy atom. The van der Waals surface area contributed by atoms with Gasteiger partial charge in [0.1, 0.15) is 5.75 Å². The summed E-state index contributed by atoms with van der Waals surface area (Å²) in [5.74, 6) is -0.226. The maximum absolute atomic E-state index is 11.8. The summed E-state index contributed by atoms with van der Waals surface area (Å²) in [5, 5.41) is 0.492. The van der Waals surface area contributed by atoms with Crippen LogP contribution in [0.15, 0.2) is 18.2 Å². The minimum atomic E-state index is -1.15. The van der Waals surface area contributed by atoms with E-state index in [9.17, 15) is 9.59 Å². The van der Waals surface area contributed by atoms with Gasteiger partial charge in [-0.25, -0.2) is 4.79 Å². The van der Waals surface area contributed by atoms with Crippen molar-refractivity contribution in [3.63, 3.8) is 0 Å². The van der Waals surface area contributed by atoms with Gasteiger partial charge < -0.3 is 9.47 Å². The van der Waals surface area contributed by atoms with Crippen LogP contribution in [0.5, 0.6) is 5.75 Å². The maximum atomic E-state index is 11.8. The second kappa shape index (κ2) is 7.09. The van der Waals surface area contributed by atoms with Crippen LogP contribution in [0.3, 0.4) is 0 Å². The van der Waals surface area contributed by atoms with Gasteiger partial charge in [0.2, 0.25) is 0 Å². The fourth-order valence-electron chi connectivity index (χ4n) is 1.46. The van der Waals surface area contributed by atoms with Crippen LogP contribution >= 0.6 is 27.5 Å². The normalized spacial score (nSPS) is 11.1. The minimum absolute atomic E-state index is 0.0805. The van der Waals surface area contributed by atoms with Gasteiger partial charge >= 0.3 is 5.97 Å². The molecule has 0 aliphatic carbocycles. The van der Waals surface area contributed by atoms with Crippen molar-refractivity contribution in [3.05, 3.63) is 28.8 Å². The Hall–Kier alpha value is -1.07. The third-order valence-electron chi connectivity index (χ3n) is 2.51. The lowest BCUT2D eigenvalue weighted by Gasteiger charge is -2.24. The topological polar surface area (TPSA) is 52.6 Å². The molecule has 0 spiro atoms. The predicted molar refractivity (Wildman–Crippen MR) is 80.9 cm³/mol. The second-order valence-corrected chi connectivity index (χ2v) is 5.50. The maximum Gasteiger partial charge on any atom is 0.349 e. The van der Waals surface area contributed by atoms with E-state index in [1.165, 1.54) is 6.07 Å². The number of benzene rings is 1. The van der Waals surface area contributed by atoms with Gasteiger partial charge in [-0.05, 0) is 39.0 Å². The molecular formula is C14H16BrClO4. The van der Waals surface area contributed by atoms with Crippen molar-refractivity contribution in [3.8, 4) is 5.75 Å². The average molecular weight is 364 g/mol. The molecule has 0 aliphatic rings. The Morgan fingerprint density at radius 3 is 2.50 bits per heavy atom. The van der Waals surface area contributed by atoms with Gasteiger partial charge in [-0.3, -0.25) is 4.79 Å². The molecule has 0 heterocycles. The van der Waals surface area contributed by atoms with E-state index in [1.807, 2.05) is 0 Å². The summed E-state index contributed by atoms with van der Waals surface area (Å²) in [7, 11) is 0. The first-order chi connectivity index (χ1) is 9.31. The van der Waals surface area contributed by atoms with Crippen LogP contribution in [0.4, 0.5) is 0 Å². The molecule has 0 unspecified atom stereocenters. The van der Waals surface area contributed by atoms with Gasteiger partial charge in [-0.15, -0.1) is 0 Å². The predicted octanol–water partition coefficient (Wildman–Crippen LogP) is 3.64.